The van der Waals surface area contributed by atoms with Crippen molar-refractivity contribution in [3.05, 3.63) is 53.1 Å². The Morgan fingerprint density at radius 3 is 2.62 bits per heavy atom. The third kappa shape index (κ3) is 4.50. The Morgan fingerprint density at radius 2 is 1.97 bits per heavy atom. The number of rotatable bonds is 7. The lowest BCUT2D eigenvalue weighted by atomic mass is 9.73. The van der Waals surface area contributed by atoms with Crippen LogP contribution in [0, 0.1) is 11.3 Å². The van der Waals surface area contributed by atoms with E-state index in [9.17, 15) is 27.3 Å². The number of nitrogens with zero attached hydrogens (tertiary/aromatic N) is 2. The van der Waals surface area contributed by atoms with E-state index in [0.717, 1.165) is 17.5 Å². The van der Waals surface area contributed by atoms with Gasteiger partial charge in [-0.15, -0.1) is 0 Å². The molecule has 1 atom stereocenters. The summed E-state index contributed by atoms with van der Waals surface area (Å²) in [6, 6.07) is 11.3. The normalized spacial score (nSPS) is 18.2. The Labute approximate surface area is 197 Å². The van der Waals surface area contributed by atoms with Gasteiger partial charge in [-0.3, -0.25) is 9.69 Å². The van der Waals surface area contributed by atoms with Crippen molar-refractivity contribution >= 4 is 21.4 Å². The number of carbonyl (C=O) groups excluding carboxylic acids is 1. The highest BCUT2D eigenvalue weighted by Gasteiger charge is 2.48. The molecule has 1 fully saturated rings. The van der Waals surface area contributed by atoms with Crippen LogP contribution in [0.3, 0.4) is 0 Å². The number of hydrogen-bond acceptors (Lipinski definition) is 6. The SMILES string of the molecule is CS(=O)(=O)c1ccc(OCCN2CCC3(CC2)C(=O)Nc2ccc(C#N)cc23)cc1[C@H](F)CF. The summed E-state index contributed by atoms with van der Waals surface area (Å²) in [4.78, 5) is 14.7. The number of carbonyl (C=O) groups is 1. The zero-order chi connectivity index (χ0) is 24.5. The number of piperidine rings is 1. The number of amides is 1. The number of nitrogens with one attached hydrogen (secondary N) is 1. The van der Waals surface area contributed by atoms with E-state index in [2.05, 4.69) is 16.3 Å². The summed E-state index contributed by atoms with van der Waals surface area (Å²) < 4.78 is 56.3. The van der Waals surface area contributed by atoms with Crippen LogP contribution in [0.15, 0.2) is 41.3 Å². The van der Waals surface area contributed by atoms with Crippen molar-refractivity contribution in [1.29, 1.82) is 5.26 Å². The maximum absolute atomic E-state index is 14.0. The third-order valence-corrected chi connectivity index (χ3v) is 7.76. The summed E-state index contributed by atoms with van der Waals surface area (Å²) in [5.41, 5.74) is 1.27. The highest BCUT2D eigenvalue weighted by Crippen LogP contribution is 2.45. The highest BCUT2D eigenvalue weighted by molar-refractivity contribution is 7.90. The fourth-order valence-corrected chi connectivity index (χ4v) is 5.64. The first-order valence-electron chi connectivity index (χ1n) is 10.9. The molecule has 0 unspecified atom stereocenters. The minimum absolute atomic E-state index is 0.0411. The number of fused-ring (bicyclic) bond motifs is 2. The first-order valence-corrected chi connectivity index (χ1v) is 12.8. The van der Waals surface area contributed by atoms with Crippen molar-refractivity contribution in [2.75, 3.05) is 44.5 Å². The van der Waals surface area contributed by atoms with Crippen molar-refractivity contribution in [3.8, 4) is 11.8 Å². The second-order valence-electron chi connectivity index (χ2n) is 8.69. The van der Waals surface area contributed by atoms with Crippen LogP contribution in [-0.4, -0.2) is 58.4 Å². The van der Waals surface area contributed by atoms with Gasteiger partial charge in [0.1, 0.15) is 19.0 Å². The van der Waals surface area contributed by atoms with Gasteiger partial charge in [0, 0.05) is 24.1 Å². The first kappa shape index (κ1) is 24.1. The van der Waals surface area contributed by atoms with E-state index in [1.807, 2.05) is 0 Å². The van der Waals surface area contributed by atoms with Gasteiger partial charge >= 0.3 is 0 Å². The van der Waals surface area contributed by atoms with Crippen LogP contribution in [0.4, 0.5) is 14.5 Å². The molecule has 2 aliphatic heterocycles. The van der Waals surface area contributed by atoms with Gasteiger partial charge in [-0.05, 0) is 67.9 Å². The molecule has 4 rings (SSSR count). The van der Waals surface area contributed by atoms with Gasteiger partial charge in [-0.25, -0.2) is 17.2 Å². The zero-order valence-corrected chi connectivity index (χ0v) is 19.5. The summed E-state index contributed by atoms with van der Waals surface area (Å²) in [6.45, 7) is 0.792. The fourth-order valence-electron chi connectivity index (χ4n) is 4.71. The first-order chi connectivity index (χ1) is 16.2. The second-order valence-corrected chi connectivity index (χ2v) is 10.7. The number of ether oxygens (including phenoxy) is 1. The molecular weight excluding hydrogens is 464 g/mol. The van der Waals surface area contributed by atoms with Crippen molar-refractivity contribution in [1.82, 2.24) is 4.90 Å². The Kier molecular flexibility index (Phi) is 6.60. The highest BCUT2D eigenvalue weighted by atomic mass is 32.2. The maximum Gasteiger partial charge on any atom is 0.235 e. The number of nitriles is 1. The average Bonchev–Trinajstić information content (AvgIpc) is 3.09. The van der Waals surface area contributed by atoms with E-state index in [4.69, 9.17) is 4.74 Å². The predicted molar refractivity (Wildman–Crippen MR) is 122 cm³/mol. The second kappa shape index (κ2) is 9.31. The van der Waals surface area contributed by atoms with E-state index in [1.165, 1.54) is 18.2 Å². The smallest absolute Gasteiger partial charge is 0.235 e. The van der Waals surface area contributed by atoms with Gasteiger partial charge in [-0.2, -0.15) is 5.26 Å². The number of hydrogen-bond donors (Lipinski definition) is 1. The maximum atomic E-state index is 14.0. The minimum Gasteiger partial charge on any atom is -0.492 e. The van der Waals surface area contributed by atoms with Crippen LogP contribution >= 0.6 is 0 Å². The van der Waals surface area contributed by atoms with Crippen LogP contribution in [0.1, 0.15) is 35.7 Å². The van der Waals surface area contributed by atoms with Gasteiger partial charge in [0.05, 0.1) is 21.9 Å². The number of benzene rings is 2. The molecule has 0 radical (unpaired) electrons. The van der Waals surface area contributed by atoms with Crippen molar-refractivity contribution < 1.29 is 26.7 Å². The summed E-state index contributed by atoms with van der Waals surface area (Å²) in [5, 5.41) is 12.2. The third-order valence-electron chi connectivity index (χ3n) is 6.59. The molecule has 2 aliphatic rings. The molecule has 0 saturated carbocycles. The molecular formula is C24H25F2N3O4S. The van der Waals surface area contributed by atoms with Gasteiger partial charge in [-0.1, -0.05) is 0 Å². The van der Waals surface area contributed by atoms with E-state index in [0.29, 0.717) is 38.0 Å². The Balaban J connectivity index is 1.38. The van der Waals surface area contributed by atoms with Gasteiger partial charge < -0.3 is 10.1 Å². The van der Waals surface area contributed by atoms with Crippen LogP contribution in [-0.2, 0) is 20.0 Å². The van der Waals surface area contributed by atoms with Crippen LogP contribution in [0.25, 0.3) is 0 Å². The molecule has 34 heavy (non-hydrogen) atoms. The van der Waals surface area contributed by atoms with Gasteiger partial charge in [0.25, 0.3) is 0 Å². The quantitative estimate of drug-likeness (QED) is 0.641. The zero-order valence-electron chi connectivity index (χ0n) is 18.7. The van der Waals surface area contributed by atoms with Gasteiger partial charge in [0.2, 0.25) is 5.91 Å². The molecule has 2 heterocycles. The van der Waals surface area contributed by atoms with Crippen LogP contribution in [0.2, 0.25) is 0 Å². The predicted octanol–water partition coefficient (Wildman–Crippen LogP) is 3.31. The molecule has 180 valence electrons. The van der Waals surface area contributed by atoms with E-state index in [-0.39, 0.29) is 28.7 Å². The molecule has 7 nitrogen and oxygen atoms in total. The molecule has 10 heteroatoms. The molecule has 1 N–H and O–H groups in total. The molecule has 0 aromatic heterocycles. The van der Waals surface area contributed by atoms with E-state index in [1.54, 1.807) is 18.2 Å². The van der Waals surface area contributed by atoms with Crippen molar-refractivity contribution in [3.63, 3.8) is 0 Å². The molecule has 2 aromatic rings. The fraction of sp³-hybridized carbons (Fsp3) is 0.417. The Hall–Kier alpha value is -3.03. The topological polar surface area (TPSA) is 99.5 Å². The summed E-state index contributed by atoms with van der Waals surface area (Å²) in [7, 11) is -3.71. The lowest BCUT2D eigenvalue weighted by molar-refractivity contribution is -0.122. The monoisotopic (exact) mass is 489 g/mol. The minimum atomic E-state index is -3.71. The molecule has 1 amide bonds. The number of anilines is 1. The van der Waals surface area contributed by atoms with Crippen LogP contribution < -0.4 is 10.1 Å². The largest absolute Gasteiger partial charge is 0.492 e. The Bertz CT molecular complexity index is 1250. The number of likely N-dealkylation sites (tertiary alicyclic amines) is 1. The lowest BCUT2D eigenvalue weighted by Gasteiger charge is -2.38. The van der Waals surface area contributed by atoms with Crippen molar-refractivity contribution in [2.45, 2.75) is 29.3 Å². The number of halogens is 2. The number of alkyl halides is 2. The molecule has 0 aliphatic carbocycles. The summed E-state index contributed by atoms with van der Waals surface area (Å²) >= 11 is 0. The Morgan fingerprint density at radius 1 is 1.24 bits per heavy atom. The van der Waals surface area contributed by atoms with E-state index < -0.39 is 28.1 Å². The van der Waals surface area contributed by atoms with E-state index >= 15 is 0 Å². The number of sulfone groups is 1. The molecule has 0 bridgehead atoms. The summed E-state index contributed by atoms with van der Waals surface area (Å²) in [6.07, 6.45) is 0.112. The van der Waals surface area contributed by atoms with Gasteiger partial charge in [0.15, 0.2) is 16.0 Å². The summed E-state index contributed by atoms with van der Waals surface area (Å²) in [5.74, 6) is 0.223. The molecule has 1 saturated heterocycles. The standard InChI is InChI=1S/C24H25F2N3O4S/c1-34(31,32)22-5-3-17(13-18(22)20(26)14-25)33-11-10-29-8-6-24(7-9-29)19-12-16(15-27)2-4-21(19)28-23(24)30/h2-5,12-13,20H,6-11,14H2,1H3,(H,28,30)/t20-/m1/s1. The van der Waals surface area contributed by atoms with Crippen LogP contribution in [0.5, 0.6) is 5.75 Å². The molecule has 2 aromatic carbocycles. The molecule has 1 spiro atoms. The average molecular weight is 490 g/mol. The lowest BCUT2D eigenvalue weighted by Crippen LogP contribution is -2.47. The van der Waals surface area contributed by atoms with Crippen molar-refractivity contribution in [2.24, 2.45) is 0 Å².